The molecule has 0 amide bonds. The summed E-state index contributed by atoms with van der Waals surface area (Å²) in [6, 6.07) is 1.59. The second-order valence-electron chi connectivity index (χ2n) is 3.60. The molecule has 0 unspecified atom stereocenters. The van der Waals surface area contributed by atoms with Crippen LogP contribution in [0.2, 0.25) is 0 Å². The highest BCUT2D eigenvalue weighted by Gasteiger charge is 2.28. The van der Waals surface area contributed by atoms with Crippen molar-refractivity contribution in [1.29, 1.82) is 0 Å². The number of aromatic nitrogens is 2. The molecule has 15 heavy (non-hydrogen) atoms. The summed E-state index contributed by atoms with van der Waals surface area (Å²) in [7, 11) is 0. The van der Waals surface area contributed by atoms with Crippen LogP contribution in [0.4, 0.5) is 16.2 Å². The first-order chi connectivity index (χ1) is 7.16. The van der Waals surface area contributed by atoms with Crippen molar-refractivity contribution < 1.29 is 9.50 Å². The predicted molar refractivity (Wildman–Crippen MR) is 54.2 cm³/mol. The molecule has 0 saturated carbocycles. The number of alkyl halides is 1. The summed E-state index contributed by atoms with van der Waals surface area (Å²) >= 11 is 0. The number of nitrogens with two attached hydrogens (primary N) is 1. The first-order valence-electron chi connectivity index (χ1n) is 4.82. The Kier molecular flexibility index (Phi) is 2.68. The van der Waals surface area contributed by atoms with Gasteiger partial charge >= 0.3 is 0 Å². The van der Waals surface area contributed by atoms with E-state index in [2.05, 4.69) is 9.97 Å². The molecule has 2 heterocycles. The van der Waals surface area contributed by atoms with E-state index in [0.29, 0.717) is 24.7 Å². The maximum absolute atomic E-state index is 13.0. The Morgan fingerprint density at radius 2 is 2.40 bits per heavy atom. The molecule has 0 spiro atoms. The van der Waals surface area contributed by atoms with Crippen molar-refractivity contribution in [1.82, 2.24) is 9.97 Å². The zero-order valence-corrected chi connectivity index (χ0v) is 8.17. The van der Waals surface area contributed by atoms with Crippen LogP contribution in [0.25, 0.3) is 0 Å². The van der Waals surface area contributed by atoms with Crippen LogP contribution in [-0.2, 0) is 0 Å². The molecule has 1 saturated heterocycles. The molecule has 0 aliphatic carbocycles. The van der Waals surface area contributed by atoms with Crippen LogP contribution in [0.1, 0.15) is 6.42 Å². The lowest BCUT2D eigenvalue weighted by molar-refractivity contribution is 0.0640. The minimum absolute atomic E-state index is 0.213. The van der Waals surface area contributed by atoms with Gasteiger partial charge in [0.1, 0.15) is 18.1 Å². The second kappa shape index (κ2) is 3.98. The van der Waals surface area contributed by atoms with Gasteiger partial charge < -0.3 is 15.7 Å². The number of nitrogens with zero attached hydrogens (tertiary/aromatic N) is 3. The van der Waals surface area contributed by atoms with E-state index < -0.39 is 12.3 Å². The van der Waals surface area contributed by atoms with E-state index >= 15 is 0 Å². The highest BCUT2D eigenvalue weighted by Crippen LogP contribution is 2.18. The Morgan fingerprint density at radius 1 is 1.60 bits per heavy atom. The van der Waals surface area contributed by atoms with Gasteiger partial charge in [0.15, 0.2) is 0 Å². The van der Waals surface area contributed by atoms with Crippen molar-refractivity contribution in [2.45, 2.75) is 18.7 Å². The average molecular weight is 212 g/mol. The van der Waals surface area contributed by atoms with E-state index in [9.17, 15) is 9.50 Å². The summed E-state index contributed by atoms with van der Waals surface area (Å²) in [6.07, 6.45) is -0.281. The SMILES string of the molecule is Nc1ccnc(N2CC[C@@H](F)[C@@H](O)C2)n1. The van der Waals surface area contributed by atoms with Gasteiger partial charge in [-0.3, -0.25) is 0 Å². The molecule has 5 nitrogen and oxygen atoms in total. The number of rotatable bonds is 1. The number of hydrogen-bond donors (Lipinski definition) is 2. The van der Waals surface area contributed by atoms with E-state index in [4.69, 9.17) is 5.73 Å². The van der Waals surface area contributed by atoms with Crippen LogP contribution in [0.15, 0.2) is 12.3 Å². The van der Waals surface area contributed by atoms with Crippen molar-refractivity contribution in [2.24, 2.45) is 0 Å². The van der Waals surface area contributed by atoms with Gasteiger partial charge in [-0.25, -0.2) is 9.37 Å². The van der Waals surface area contributed by atoms with Gasteiger partial charge in [0.2, 0.25) is 5.95 Å². The number of aliphatic hydroxyl groups excluding tert-OH is 1. The van der Waals surface area contributed by atoms with Crippen LogP contribution in [0.5, 0.6) is 0 Å². The molecule has 0 aromatic carbocycles. The molecule has 1 aliphatic rings. The zero-order valence-electron chi connectivity index (χ0n) is 8.17. The van der Waals surface area contributed by atoms with Crippen molar-refractivity contribution in [3.63, 3.8) is 0 Å². The largest absolute Gasteiger partial charge is 0.388 e. The van der Waals surface area contributed by atoms with Crippen LogP contribution in [-0.4, -0.2) is 40.4 Å². The van der Waals surface area contributed by atoms with Gasteiger partial charge in [-0.05, 0) is 12.5 Å². The molecular formula is C9H13FN4O. The van der Waals surface area contributed by atoms with Crippen molar-refractivity contribution in [3.05, 3.63) is 12.3 Å². The van der Waals surface area contributed by atoms with Crippen molar-refractivity contribution in [3.8, 4) is 0 Å². The van der Waals surface area contributed by atoms with Gasteiger partial charge in [-0.2, -0.15) is 4.98 Å². The fourth-order valence-electron chi connectivity index (χ4n) is 1.60. The molecule has 0 bridgehead atoms. The number of hydrogen-bond acceptors (Lipinski definition) is 5. The molecule has 6 heteroatoms. The molecule has 3 N–H and O–H groups in total. The summed E-state index contributed by atoms with van der Waals surface area (Å²) in [5.74, 6) is 0.817. The Hall–Kier alpha value is -1.43. The molecule has 1 aromatic heterocycles. The summed E-state index contributed by atoms with van der Waals surface area (Å²) in [6.45, 7) is 0.715. The first-order valence-corrected chi connectivity index (χ1v) is 4.82. The minimum Gasteiger partial charge on any atom is -0.388 e. The topological polar surface area (TPSA) is 75.3 Å². The normalized spacial score (nSPS) is 26.7. The summed E-state index contributed by atoms with van der Waals surface area (Å²) < 4.78 is 13.0. The smallest absolute Gasteiger partial charge is 0.227 e. The standard InChI is InChI=1S/C9H13FN4O/c10-6-2-4-14(5-7(6)15)9-12-3-1-8(11)13-9/h1,3,6-7,15H,2,4-5H2,(H2,11,12,13)/t6-,7+/m1/s1. The number of nitrogen functional groups attached to an aromatic ring is 1. The number of β-amino-alcohol motifs (C(OH)–C–C–N with tert-alkyl or cyclic N) is 1. The first kappa shape index (κ1) is 10.1. The third kappa shape index (κ3) is 2.15. The highest BCUT2D eigenvalue weighted by molar-refractivity contribution is 5.38. The maximum Gasteiger partial charge on any atom is 0.227 e. The zero-order chi connectivity index (χ0) is 10.8. The Labute approximate surface area is 86.7 Å². The van der Waals surface area contributed by atoms with Gasteiger partial charge in [0.05, 0.1) is 0 Å². The Morgan fingerprint density at radius 3 is 3.07 bits per heavy atom. The molecular weight excluding hydrogens is 199 g/mol. The maximum atomic E-state index is 13.0. The van der Waals surface area contributed by atoms with Gasteiger partial charge in [0.25, 0.3) is 0 Å². The summed E-state index contributed by atoms with van der Waals surface area (Å²) in [4.78, 5) is 9.77. The molecule has 2 rings (SSSR count). The molecule has 1 fully saturated rings. The van der Waals surface area contributed by atoms with E-state index in [1.54, 1.807) is 17.2 Å². The number of anilines is 2. The minimum atomic E-state index is -1.15. The predicted octanol–water partition coefficient (Wildman–Crippen LogP) is -0.0321. The van der Waals surface area contributed by atoms with Crippen LogP contribution in [0, 0.1) is 0 Å². The summed E-state index contributed by atoms with van der Waals surface area (Å²) in [5.41, 5.74) is 5.51. The van der Waals surface area contributed by atoms with Crippen LogP contribution < -0.4 is 10.6 Å². The van der Waals surface area contributed by atoms with E-state index in [0.717, 1.165) is 0 Å². The van der Waals surface area contributed by atoms with Crippen molar-refractivity contribution >= 4 is 11.8 Å². The average Bonchev–Trinajstić information content (AvgIpc) is 2.22. The van der Waals surface area contributed by atoms with E-state index in [1.165, 1.54) is 0 Å². The molecule has 2 atom stereocenters. The number of halogens is 1. The fourth-order valence-corrected chi connectivity index (χ4v) is 1.60. The fraction of sp³-hybridized carbons (Fsp3) is 0.556. The van der Waals surface area contributed by atoms with Gasteiger partial charge in [-0.1, -0.05) is 0 Å². The van der Waals surface area contributed by atoms with Crippen LogP contribution in [0.3, 0.4) is 0 Å². The second-order valence-corrected chi connectivity index (χ2v) is 3.60. The molecule has 0 radical (unpaired) electrons. The monoisotopic (exact) mass is 212 g/mol. The Balaban J connectivity index is 2.12. The molecule has 82 valence electrons. The number of aliphatic hydroxyl groups is 1. The Bertz CT molecular complexity index is 349. The van der Waals surface area contributed by atoms with E-state index in [-0.39, 0.29) is 6.54 Å². The lowest BCUT2D eigenvalue weighted by Gasteiger charge is -2.32. The lowest BCUT2D eigenvalue weighted by atomic mass is 10.1. The van der Waals surface area contributed by atoms with Gasteiger partial charge in [0, 0.05) is 19.3 Å². The van der Waals surface area contributed by atoms with Gasteiger partial charge in [-0.15, -0.1) is 0 Å². The lowest BCUT2D eigenvalue weighted by Crippen LogP contribution is -2.45. The third-order valence-corrected chi connectivity index (χ3v) is 2.45. The van der Waals surface area contributed by atoms with Crippen molar-refractivity contribution in [2.75, 3.05) is 23.7 Å². The third-order valence-electron chi connectivity index (χ3n) is 2.45. The highest BCUT2D eigenvalue weighted by atomic mass is 19.1. The van der Waals surface area contributed by atoms with Crippen LogP contribution >= 0.6 is 0 Å². The quantitative estimate of drug-likeness (QED) is 0.683. The van der Waals surface area contributed by atoms with E-state index in [1.807, 2.05) is 0 Å². The number of piperidine rings is 1. The molecule has 1 aromatic rings. The molecule has 1 aliphatic heterocycles. The summed E-state index contributed by atoms with van der Waals surface area (Å²) in [5, 5.41) is 9.38.